The van der Waals surface area contributed by atoms with Crippen molar-refractivity contribution in [2.45, 2.75) is 39.3 Å². The average Bonchev–Trinajstić information content (AvgIpc) is 3.21. The topological polar surface area (TPSA) is 70.8 Å². The number of aromatic nitrogens is 1. The molecule has 0 aliphatic carbocycles. The SMILES string of the molecule is Cc1noc(C)c1CN1CCN(C(=O)CNC[C@H]2CCCO2)CC1. The standard InChI is InChI=1S/C17H28N4O3/c1-13-16(14(2)24-19-13)12-20-5-7-21(8-6-20)17(22)11-18-10-15-4-3-9-23-15/h15,18H,3-12H2,1-2H3/t15-/m1/s1. The van der Waals surface area contributed by atoms with Crippen LogP contribution in [-0.2, 0) is 16.1 Å². The lowest BCUT2D eigenvalue weighted by atomic mass is 10.2. The zero-order valence-electron chi connectivity index (χ0n) is 14.7. The lowest BCUT2D eigenvalue weighted by Crippen LogP contribution is -2.50. The van der Waals surface area contributed by atoms with Crippen molar-refractivity contribution in [2.75, 3.05) is 45.9 Å². The molecule has 1 aromatic rings. The summed E-state index contributed by atoms with van der Waals surface area (Å²) in [5, 5.41) is 7.24. The number of carbonyl (C=O) groups is 1. The average molecular weight is 336 g/mol. The van der Waals surface area contributed by atoms with Crippen molar-refractivity contribution in [1.29, 1.82) is 0 Å². The van der Waals surface area contributed by atoms with Crippen LogP contribution in [0.4, 0.5) is 0 Å². The molecule has 134 valence electrons. The molecule has 0 saturated carbocycles. The Morgan fingerprint density at radius 1 is 1.29 bits per heavy atom. The van der Waals surface area contributed by atoms with Crippen LogP contribution in [0.25, 0.3) is 0 Å². The molecule has 3 heterocycles. The van der Waals surface area contributed by atoms with Crippen LogP contribution in [0.5, 0.6) is 0 Å². The number of carbonyl (C=O) groups excluding carboxylic acids is 1. The van der Waals surface area contributed by atoms with Gasteiger partial charge in [0.2, 0.25) is 5.91 Å². The van der Waals surface area contributed by atoms with E-state index in [1.165, 1.54) is 5.56 Å². The van der Waals surface area contributed by atoms with Gasteiger partial charge in [-0.25, -0.2) is 0 Å². The highest BCUT2D eigenvalue weighted by Gasteiger charge is 2.23. The Labute approximate surface area is 143 Å². The van der Waals surface area contributed by atoms with Gasteiger partial charge in [-0.1, -0.05) is 5.16 Å². The molecule has 7 nitrogen and oxygen atoms in total. The number of nitrogens with zero attached hydrogens (tertiary/aromatic N) is 3. The molecule has 1 aromatic heterocycles. The van der Waals surface area contributed by atoms with Crippen molar-refractivity contribution >= 4 is 5.91 Å². The second-order valence-corrected chi connectivity index (χ2v) is 6.73. The third kappa shape index (κ3) is 4.34. The Bertz CT molecular complexity index is 527. The summed E-state index contributed by atoms with van der Waals surface area (Å²) >= 11 is 0. The molecular weight excluding hydrogens is 308 g/mol. The van der Waals surface area contributed by atoms with Gasteiger partial charge in [0.05, 0.1) is 18.3 Å². The summed E-state index contributed by atoms with van der Waals surface area (Å²) in [4.78, 5) is 16.6. The van der Waals surface area contributed by atoms with Gasteiger partial charge in [0.25, 0.3) is 0 Å². The van der Waals surface area contributed by atoms with E-state index in [9.17, 15) is 4.79 Å². The Hall–Kier alpha value is -1.44. The minimum Gasteiger partial charge on any atom is -0.377 e. The van der Waals surface area contributed by atoms with Crippen molar-refractivity contribution in [3.8, 4) is 0 Å². The molecule has 0 unspecified atom stereocenters. The summed E-state index contributed by atoms with van der Waals surface area (Å²) in [6, 6.07) is 0. The molecule has 0 aromatic carbocycles. The molecule has 2 fully saturated rings. The van der Waals surface area contributed by atoms with Crippen LogP contribution in [0.1, 0.15) is 29.9 Å². The molecule has 1 atom stereocenters. The van der Waals surface area contributed by atoms with Gasteiger partial charge in [0.15, 0.2) is 0 Å². The monoisotopic (exact) mass is 336 g/mol. The van der Waals surface area contributed by atoms with Crippen molar-refractivity contribution in [1.82, 2.24) is 20.3 Å². The summed E-state index contributed by atoms with van der Waals surface area (Å²) in [5.41, 5.74) is 2.14. The van der Waals surface area contributed by atoms with Gasteiger partial charge in [-0.05, 0) is 26.7 Å². The van der Waals surface area contributed by atoms with E-state index in [4.69, 9.17) is 9.26 Å². The van der Waals surface area contributed by atoms with Crippen LogP contribution in [0, 0.1) is 13.8 Å². The minimum atomic E-state index is 0.185. The van der Waals surface area contributed by atoms with Crippen LogP contribution in [0.15, 0.2) is 4.52 Å². The van der Waals surface area contributed by atoms with E-state index in [-0.39, 0.29) is 12.0 Å². The summed E-state index contributed by atoms with van der Waals surface area (Å²) in [7, 11) is 0. The second kappa shape index (κ2) is 8.09. The molecule has 7 heteroatoms. The Kier molecular flexibility index (Phi) is 5.86. The van der Waals surface area contributed by atoms with E-state index in [2.05, 4.69) is 15.4 Å². The van der Waals surface area contributed by atoms with Gasteiger partial charge in [0.1, 0.15) is 5.76 Å². The van der Waals surface area contributed by atoms with Crippen LogP contribution in [0.2, 0.25) is 0 Å². The van der Waals surface area contributed by atoms with Gasteiger partial charge in [-0.3, -0.25) is 9.69 Å². The fourth-order valence-corrected chi connectivity index (χ4v) is 3.36. The molecule has 24 heavy (non-hydrogen) atoms. The van der Waals surface area contributed by atoms with E-state index in [1.54, 1.807) is 0 Å². The fraction of sp³-hybridized carbons (Fsp3) is 0.765. The van der Waals surface area contributed by atoms with E-state index in [1.807, 2.05) is 18.7 Å². The summed E-state index contributed by atoms with van der Waals surface area (Å²) in [6.07, 6.45) is 2.51. The number of aryl methyl sites for hydroxylation is 2. The number of piperazine rings is 1. The largest absolute Gasteiger partial charge is 0.377 e. The Morgan fingerprint density at radius 2 is 2.08 bits per heavy atom. The lowest BCUT2D eigenvalue weighted by molar-refractivity contribution is -0.132. The summed E-state index contributed by atoms with van der Waals surface area (Å²) in [5.74, 6) is 1.08. The lowest BCUT2D eigenvalue weighted by Gasteiger charge is -2.34. The first-order valence-electron chi connectivity index (χ1n) is 8.87. The van der Waals surface area contributed by atoms with Crippen molar-refractivity contribution < 1.29 is 14.1 Å². The summed E-state index contributed by atoms with van der Waals surface area (Å²) < 4.78 is 10.8. The second-order valence-electron chi connectivity index (χ2n) is 6.73. The van der Waals surface area contributed by atoms with Crippen LogP contribution >= 0.6 is 0 Å². The van der Waals surface area contributed by atoms with E-state index in [0.29, 0.717) is 6.54 Å². The molecule has 2 aliphatic heterocycles. The first-order valence-corrected chi connectivity index (χ1v) is 8.87. The van der Waals surface area contributed by atoms with Crippen molar-refractivity contribution in [3.63, 3.8) is 0 Å². The molecule has 2 aliphatic rings. The number of amides is 1. The maximum absolute atomic E-state index is 12.3. The highest BCUT2D eigenvalue weighted by Crippen LogP contribution is 2.16. The zero-order chi connectivity index (χ0) is 16.9. The van der Waals surface area contributed by atoms with Crippen LogP contribution in [0.3, 0.4) is 0 Å². The van der Waals surface area contributed by atoms with Crippen LogP contribution in [-0.4, -0.2) is 72.8 Å². The maximum atomic E-state index is 12.3. The highest BCUT2D eigenvalue weighted by atomic mass is 16.5. The Morgan fingerprint density at radius 3 is 2.71 bits per heavy atom. The van der Waals surface area contributed by atoms with Crippen molar-refractivity contribution in [3.05, 3.63) is 17.0 Å². The summed E-state index contributed by atoms with van der Waals surface area (Å²) in [6.45, 7) is 10.2. The quantitative estimate of drug-likeness (QED) is 0.825. The fourth-order valence-electron chi connectivity index (χ4n) is 3.36. The number of nitrogens with one attached hydrogen (secondary N) is 1. The van der Waals surface area contributed by atoms with Gasteiger partial charge in [-0.2, -0.15) is 0 Å². The highest BCUT2D eigenvalue weighted by molar-refractivity contribution is 5.78. The zero-order valence-corrected chi connectivity index (χ0v) is 14.7. The molecule has 2 saturated heterocycles. The number of hydrogen-bond donors (Lipinski definition) is 1. The molecule has 1 amide bonds. The third-order valence-electron chi connectivity index (χ3n) is 4.96. The number of hydrogen-bond acceptors (Lipinski definition) is 6. The molecule has 0 radical (unpaired) electrons. The number of rotatable bonds is 6. The van der Waals surface area contributed by atoms with Gasteiger partial charge >= 0.3 is 0 Å². The maximum Gasteiger partial charge on any atom is 0.236 e. The first-order chi connectivity index (χ1) is 11.6. The minimum absolute atomic E-state index is 0.185. The first kappa shape index (κ1) is 17.4. The van der Waals surface area contributed by atoms with E-state index < -0.39 is 0 Å². The molecule has 1 N–H and O–H groups in total. The van der Waals surface area contributed by atoms with Gasteiger partial charge < -0.3 is 19.5 Å². The predicted octanol–water partition coefficient (Wildman–Crippen LogP) is 0.704. The van der Waals surface area contributed by atoms with E-state index in [0.717, 1.165) is 70.2 Å². The molecular formula is C17H28N4O3. The van der Waals surface area contributed by atoms with Gasteiger partial charge in [-0.15, -0.1) is 0 Å². The van der Waals surface area contributed by atoms with Gasteiger partial charge in [0, 0.05) is 51.4 Å². The number of ether oxygens (including phenoxy) is 1. The molecule has 3 rings (SSSR count). The van der Waals surface area contributed by atoms with Crippen LogP contribution < -0.4 is 5.32 Å². The molecule has 0 spiro atoms. The third-order valence-corrected chi connectivity index (χ3v) is 4.96. The molecule has 0 bridgehead atoms. The Balaban J connectivity index is 1.37. The normalized spacial score (nSPS) is 22.2. The smallest absolute Gasteiger partial charge is 0.236 e. The van der Waals surface area contributed by atoms with Crippen molar-refractivity contribution in [2.24, 2.45) is 0 Å². The predicted molar refractivity (Wildman–Crippen MR) is 89.7 cm³/mol. The van der Waals surface area contributed by atoms with E-state index >= 15 is 0 Å².